The van der Waals surface area contributed by atoms with E-state index in [1.165, 1.54) is 0 Å². The highest BCUT2D eigenvalue weighted by Gasteiger charge is 2.02. The number of benzene rings is 1. The van der Waals surface area contributed by atoms with Gasteiger partial charge in [0.1, 0.15) is 0 Å². The molecule has 0 aliphatic rings. The largest absolute Gasteiger partial charge is 0.398 e. The minimum absolute atomic E-state index is 0.665. The van der Waals surface area contributed by atoms with Gasteiger partial charge < -0.3 is 5.73 Å². The van der Waals surface area contributed by atoms with E-state index in [1.807, 2.05) is 24.3 Å². The van der Waals surface area contributed by atoms with Crippen molar-refractivity contribution in [2.24, 2.45) is 0 Å². The summed E-state index contributed by atoms with van der Waals surface area (Å²) in [6.07, 6.45) is 1.67. The van der Waals surface area contributed by atoms with Gasteiger partial charge >= 0.3 is 0 Å². The average molecular weight is 205 g/mol. The third-order valence-corrected chi connectivity index (χ3v) is 2.19. The molecule has 0 amide bonds. The fourth-order valence-electron chi connectivity index (χ4n) is 1.28. The molecule has 0 radical (unpaired) electrons. The number of rotatable bonds is 1. The second kappa shape index (κ2) is 3.68. The van der Waals surface area contributed by atoms with Crippen LogP contribution in [0.15, 0.2) is 42.6 Å². The lowest BCUT2D eigenvalue weighted by Crippen LogP contribution is -1.90. The summed E-state index contributed by atoms with van der Waals surface area (Å²) in [6, 6.07) is 11.1. The van der Waals surface area contributed by atoms with Gasteiger partial charge in [-0.3, -0.25) is 4.98 Å². The first-order valence-corrected chi connectivity index (χ1v) is 4.61. The van der Waals surface area contributed by atoms with Gasteiger partial charge in [0.2, 0.25) is 0 Å². The van der Waals surface area contributed by atoms with E-state index in [0.29, 0.717) is 10.7 Å². The molecule has 0 aliphatic carbocycles. The van der Waals surface area contributed by atoms with Crippen molar-refractivity contribution in [2.75, 3.05) is 5.73 Å². The van der Waals surface area contributed by atoms with Crippen LogP contribution < -0.4 is 5.73 Å². The molecule has 0 aliphatic heterocycles. The van der Waals surface area contributed by atoms with Crippen molar-refractivity contribution in [3.63, 3.8) is 0 Å². The average Bonchev–Trinajstić information content (AvgIpc) is 2.18. The molecule has 2 rings (SSSR count). The maximum absolute atomic E-state index is 5.87. The van der Waals surface area contributed by atoms with Gasteiger partial charge in [-0.15, -0.1) is 0 Å². The summed E-state index contributed by atoms with van der Waals surface area (Å²) in [5, 5.41) is 0.665. The summed E-state index contributed by atoms with van der Waals surface area (Å²) in [5.41, 5.74) is 8.24. The van der Waals surface area contributed by atoms with E-state index in [0.717, 1.165) is 11.3 Å². The van der Waals surface area contributed by atoms with Crippen LogP contribution in [0.25, 0.3) is 11.3 Å². The van der Waals surface area contributed by atoms with Crippen molar-refractivity contribution in [3.05, 3.63) is 47.6 Å². The zero-order valence-corrected chi connectivity index (χ0v) is 8.20. The first-order valence-electron chi connectivity index (χ1n) is 4.24. The Balaban J connectivity index is 2.55. The molecular weight excluding hydrogens is 196 g/mol. The molecule has 0 atom stereocenters. The summed E-state index contributed by atoms with van der Waals surface area (Å²) in [5.74, 6) is 0. The number of nitrogens with two attached hydrogens (primary N) is 1. The predicted molar refractivity (Wildman–Crippen MR) is 59.1 cm³/mol. The summed E-state index contributed by atoms with van der Waals surface area (Å²) < 4.78 is 0. The van der Waals surface area contributed by atoms with E-state index in [2.05, 4.69) is 4.98 Å². The molecule has 70 valence electrons. The highest BCUT2D eigenvalue weighted by molar-refractivity contribution is 6.30. The highest BCUT2D eigenvalue weighted by Crippen LogP contribution is 2.25. The third-order valence-electron chi connectivity index (χ3n) is 1.96. The van der Waals surface area contributed by atoms with Crippen LogP contribution in [0.2, 0.25) is 5.02 Å². The van der Waals surface area contributed by atoms with Crippen molar-refractivity contribution in [1.82, 2.24) is 4.98 Å². The van der Waals surface area contributed by atoms with Crippen LogP contribution in [0, 0.1) is 0 Å². The monoisotopic (exact) mass is 204 g/mol. The number of pyridine rings is 1. The zero-order valence-electron chi connectivity index (χ0n) is 7.44. The Bertz CT molecular complexity index is 455. The van der Waals surface area contributed by atoms with Gasteiger partial charge in [0.25, 0.3) is 0 Å². The second-order valence-corrected chi connectivity index (χ2v) is 3.38. The van der Waals surface area contributed by atoms with Crippen LogP contribution in [0.1, 0.15) is 0 Å². The smallest absolute Gasteiger partial charge is 0.0737 e. The highest BCUT2D eigenvalue weighted by atomic mass is 35.5. The van der Waals surface area contributed by atoms with E-state index in [9.17, 15) is 0 Å². The van der Waals surface area contributed by atoms with Gasteiger partial charge in [0.15, 0.2) is 0 Å². The SMILES string of the molecule is Nc1ccccc1-c1cc(Cl)ccn1. The molecule has 1 aromatic heterocycles. The summed E-state index contributed by atoms with van der Waals surface area (Å²) in [7, 11) is 0. The number of nitrogen functional groups attached to an aromatic ring is 1. The Morgan fingerprint density at radius 3 is 2.64 bits per heavy atom. The molecule has 0 bridgehead atoms. The number of para-hydroxylation sites is 1. The van der Waals surface area contributed by atoms with Gasteiger partial charge in [0, 0.05) is 22.5 Å². The summed E-state index contributed by atoms with van der Waals surface area (Å²) in [6.45, 7) is 0. The fourth-order valence-corrected chi connectivity index (χ4v) is 1.44. The number of anilines is 1. The van der Waals surface area contributed by atoms with E-state index in [-0.39, 0.29) is 0 Å². The van der Waals surface area contributed by atoms with Gasteiger partial charge in [-0.05, 0) is 18.2 Å². The Labute approximate surface area is 87.4 Å². The predicted octanol–water partition coefficient (Wildman–Crippen LogP) is 2.98. The normalized spacial score (nSPS) is 10.1. The topological polar surface area (TPSA) is 38.9 Å². The van der Waals surface area contributed by atoms with Crippen LogP contribution in [0.3, 0.4) is 0 Å². The molecule has 14 heavy (non-hydrogen) atoms. The molecule has 0 spiro atoms. The molecule has 1 heterocycles. The van der Waals surface area contributed by atoms with Gasteiger partial charge in [-0.2, -0.15) is 0 Å². The molecule has 0 saturated carbocycles. The quantitative estimate of drug-likeness (QED) is 0.726. The fraction of sp³-hybridized carbons (Fsp3) is 0. The van der Waals surface area contributed by atoms with Crippen LogP contribution >= 0.6 is 11.6 Å². The first-order chi connectivity index (χ1) is 6.77. The standard InChI is InChI=1S/C11H9ClN2/c12-8-5-6-14-11(7-8)9-3-1-2-4-10(9)13/h1-7H,13H2. The Kier molecular flexibility index (Phi) is 2.37. The first kappa shape index (κ1) is 9.03. The maximum atomic E-state index is 5.87. The molecule has 2 N–H and O–H groups in total. The number of aromatic nitrogens is 1. The maximum Gasteiger partial charge on any atom is 0.0737 e. The van der Waals surface area contributed by atoms with E-state index >= 15 is 0 Å². The van der Waals surface area contributed by atoms with Gasteiger partial charge in [-0.25, -0.2) is 0 Å². The number of nitrogens with zero attached hydrogens (tertiary/aromatic N) is 1. The third kappa shape index (κ3) is 1.70. The lowest BCUT2D eigenvalue weighted by atomic mass is 10.1. The van der Waals surface area contributed by atoms with Crippen molar-refractivity contribution >= 4 is 17.3 Å². The summed E-state index contributed by atoms with van der Waals surface area (Å²) >= 11 is 5.87. The number of halogens is 1. The molecular formula is C11H9ClN2. The van der Waals surface area contributed by atoms with E-state index in [4.69, 9.17) is 17.3 Å². The number of hydrogen-bond acceptors (Lipinski definition) is 2. The van der Waals surface area contributed by atoms with Crippen LogP contribution in [0.5, 0.6) is 0 Å². The van der Waals surface area contributed by atoms with Crippen LogP contribution in [-0.2, 0) is 0 Å². The molecule has 3 heteroatoms. The van der Waals surface area contributed by atoms with E-state index < -0.39 is 0 Å². The molecule has 2 nitrogen and oxygen atoms in total. The summed E-state index contributed by atoms with van der Waals surface area (Å²) in [4.78, 5) is 4.21. The Morgan fingerprint density at radius 1 is 1.14 bits per heavy atom. The van der Waals surface area contributed by atoms with E-state index in [1.54, 1.807) is 18.3 Å². The minimum Gasteiger partial charge on any atom is -0.398 e. The molecule has 1 aromatic carbocycles. The van der Waals surface area contributed by atoms with Crippen molar-refractivity contribution in [2.45, 2.75) is 0 Å². The molecule has 2 aromatic rings. The van der Waals surface area contributed by atoms with Crippen molar-refractivity contribution in [3.8, 4) is 11.3 Å². The second-order valence-electron chi connectivity index (χ2n) is 2.95. The van der Waals surface area contributed by atoms with Crippen molar-refractivity contribution < 1.29 is 0 Å². The Morgan fingerprint density at radius 2 is 1.93 bits per heavy atom. The Hall–Kier alpha value is -1.54. The molecule has 0 fully saturated rings. The van der Waals surface area contributed by atoms with Crippen LogP contribution in [-0.4, -0.2) is 4.98 Å². The number of hydrogen-bond donors (Lipinski definition) is 1. The molecule has 0 saturated heterocycles. The zero-order chi connectivity index (χ0) is 9.97. The van der Waals surface area contributed by atoms with Gasteiger partial charge in [-0.1, -0.05) is 29.8 Å². The minimum atomic E-state index is 0.665. The van der Waals surface area contributed by atoms with Crippen LogP contribution in [0.4, 0.5) is 5.69 Å². The van der Waals surface area contributed by atoms with Gasteiger partial charge in [0.05, 0.1) is 5.69 Å². The molecule has 0 unspecified atom stereocenters. The van der Waals surface area contributed by atoms with Crippen molar-refractivity contribution in [1.29, 1.82) is 0 Å². The lowest BCUT2D eigenvalue weighted by Gasteiger charge is -2.03. The lowest BCUT2D eigenvalue weighted by molar-refractivity contribution is 1.33.